The van der Waals surface area contributed by atoms with E-state index < -0.39 is 6.10 Å². The topological polar surface area (TPSA) is 60.0 Å². The highest BCUT2D eigenvalue weighted by Gasteiger charge is 2.17. The molecule has 0 aliphatic carbocycles. The Labute approximate surface area is 131 Å². The van der Waals surface area contributed by atoms with Crippen molar-refractivity contribution in [2.24, 2.45) is 0 Å². The van der Waals surface area contributed by atoms with Crippen molar-refractivity contribution in [2.75, 3.05) is 46.5 Å². The van der Waals surface area contributed by atoms with Crippen molar-refractivity contribution in [1.82, 2.24) is 10.2 Å². The molecule has 6 heteroatoms. The second-order valence-corrected chi connectivity index (χ2v) is 5.16. The molecule has 1 heterocycles. The molecule has 1 fully saturated rings. The number of hydrogen-bond acceptors (Lipinski definition) is 5. The summed E-state index contributed by atoms with van der Waals surface area (Å²) in [4.78, 5) is 14.3. The molecule has 1 atom stereocenters. The molecule has 1 saturated heterocycles. The minimum atomic E-state index is -0.569. The number of carbonyl (C=O) groups excluding carboxylic acids is 1. The van der Waals surface area contributed by atoms with Crippen LogP contribution in [-0.4, -0.2) is 63.4 Å². The number of para-hydroxylation sites is 2. The number of carbonyl (C=O) groups is 1. The van der Waals surface area contributed by atoms with E-state index in [2.05, 4.69) is 10.2 Å². The van der Waals surface area contributed by atoms with Gasteiger partial charge in [0.2, 0.25) is 0 Å². The molecule has 6 nitrogen and oxygen atoms in total. The summed E-state index contributed by atoms with van der Waals surface area (Å²) in [6, 6.07) is 7.30. The van der Waals surface area contributed by atoms with Crippen LogP contribution in [0.15, 0.2) is 24.3 Å². The van der Waals surface area contributed by atoms with Crippen molar-refractivity contribution >= 4 is 5.91 Å². The van der Waals surface area contributed by atoms with E-state index >= 15 is 0 Å². The maximum absolute atomic E-state index is 12.1. The van der Waals surface area contributed by atoms with Gasteiger partial charge < -0.3 is 19.5 Å². The van der Waals surface area contributed by atoms with Gasteiger partial charge in [0.1, 0.15) is 0 Å². The summed E-state index contributed by atoms with van der Waals surface area (Å²) >= 11 is 0. The summed E-state index contributed by atoms with van der Waals surface area (Å²) < 4.78 is 16.2. The van der Waals surface area contributed by atoms with Crippen LogP contribution in [0.3, 0.4) is 0 Å². The lowest BCUT2D eigenvalue weighted by atomic mass is 10.3. The average Bonchev–Trinajstić information content (AvgIpc) is 2.56. The van der Waals surface area contributed by atoms with Gasteiger partial charge in [0, 0.05) is 26.2 Å². The van der Waals surface area contributed by atoms with Crippen LogP contribution in [-0.2, 0) is 9.53 Å². The van der Waals surface area contributed by atoms with Crippen LogP contribution >= 0.6 is 0 Å². The highest BCUT2D eigenvalue weighted by molar-refractivity contribution is 5.80. The lowest BCUT2D eigenvalue weighted by molar-refractivity contribution is -0.127. The number of morpholine rings is 1. The molecule has 22 heavy (non-hydrogen) atoms. The molecule has 122 valence electrons. The van der Waals surface area contributed by atoms with E-state index in [-0.39, 0.29) is 5.91 Å². The first-order valence-corrected chi connectivity index (χ1v) is 7.58. The van der Waals surface area contributed by atoms with Crippen LogP contribution in [0.4, 0.5) is 0 Å². The van der Waals surface area contributed by atoms with Crippen molar-refractivity contribution in [3.05, 3.63) is 24.3 Å². The van der Waals surface area contributed by atoms with Gasteiger partial charge in [-0.25, -0.2) is 0 Å². The number of ether oxygens (including phenoxy) is 3. The molecule has 0 unspecified atom stereocenters. The highest BCUT2D eigenvalue weighted by Crippen LogP contribution is 2.26. The van der Waals surface area contributed by atoms with Crippen molar-refractivity contribution in [2.45, 2.75) is 13.0 Å². The van der Waals surface area contributed by atoms with E-state index in [1.165, 1.54) is 0 Å². The summed E-state index contributed by atoms with van der Waals surface area (Å²) in [6.45, 7) is 6.54. The van der Waals surface area contributed by atoms with Crippen LogP contribution in [0.1, 0.15) is 6.92 Å². The molecule has 1 aromatic carbocycles. The van der Waals surface area contributed by atoms with E-state index in [0.717, 1.165) is 32.8 Å². The largest absolute Gasteiger partial charge is 0.493 e. The second kappa shape index (κ2) is 8.60. The van der Waals surface area contributed by atoms with Crippen LogP contribution in [0.25, 0.3) is 0 Å². The van der Waals surface area contributed by atoms with Gasteiger partial charge in [-0.05, 0) is 19.1 Å². The summed E-state index contributed by atoms with van der Waals surface area (Å²) in [5.74, 6) is 1.07. The van der Waals surface area contributed by atoms with Gasteiger partial charge in [-0.3, -0.25) is 9.69 Å². The first kappa shape index (κ1) is 16.6. The standard InChI is InChI=1S/C16H24N2O4/c1-13(22-15-6-4-3-5-14(15)20-2)16(19)17-7-8-18-9-11-21-12-10-18/h3-6,13H,7-12H2,1-2H3,(H,17,19)/t13-/m0/s1. The quantitative estimate of drug-likeness (QED) is 0.811. The van der Waals surface area contributed by atoms with Crippen LogP contribution in [0.5, 0.6) is 11.5 Å². The van der Waals surface area contributed by atoms with E-state index in [4.69, 9.17) is 14.2 Å². The molecule has 0 spiro atoms. The predicted molar refractivity (Wildman–Crippen MR) is 83.4 cm³/mol. The Morgan fingerprint density at radius 3 is 2.68 bits per heavy atom. The number of nitrogens with zero attached hydrogens (tertiary/aromatic N) is 1. The number of methoxy groups -OCH3 is 1. The lowest BCUT2D eigenvalue weighted by Crippen LogP contribution is -2.43. The predicted octanol–water partition coefficient (Wildman–Crippen LogP) is 0.911. The van der Waals surface area contributed by atoms with Crippen molar-refractivity contribution in [1.29, 1.82) is 0 Å². The molecular formula is C16H24N2O4. The molecule has 0 saturated carbocycles. The Balaban J connectivity index is 1.74. The molecular weight excluding hydrogens is 284 g/mol. The van der Waals surface area contributed by atoms with Crippen LogP contribution < -0.4 is 14.8 Å². The SMILES string of the molecule is COc1ccccc1O[C@@H](C)C(=O)NCCN1CCOCC1. The molecule has 1 N–H and O–H groups in total. The Bertz CT molecular complexity index is 475. The Morgan fingerprint density at radius 2 is 2.00 bits per heavy atom. The third kappa shape index (κ3) is 4.89. The number of rotatable bonds is 7. The van der Waals surface area contributed by atoms with Gasteiger partial charge in [0.05, 0.1) is 20.3 Å². The molecule has 2 rings (SSSR count). The molecule has 1 aromatic rings. The van der Waals surface area contributed by atoms with Crippen molar-refractivity contribution < 1.29 is 19.0 Å². The molecule has 1 amide bonds. The first-order chi connectivity index (χ1) is 10.7. The minimum Gasteiger partial charge on any atom is -0.493 e. The third-order valence-electron chi connectivity index (χ3n) is 3.57. The zero-order valence-electron chi connectivity index (χ0n) is 13.2. The fourth-order valence-electron chi connectivity index (χ4n) is 2.27. The van der Waals surface area contributed by atoms with Crippen molar-refractivity contribution in [3.63, 3.8) is 0 Å². The molecule has 0 aromatic heterocycles. The fourth-order valence-corrected chi connectivity index (χ4v) is 2.27. The van der Waals surface area contributed by atoms with Gasteiger partial charge in [-0.1, -0.05) is 12.1 Å². The average molecular weight is 308 g/mol. The van der Waals surface area contributed by atoms with E-state index in [1.807, 2.05) is 12.1 Å². The van der Waals surface area contributed by atoms with E-state index in [0.29, 0.717) is 18.0 Å². The molecule has 1 aliphatic rings. The number of benzene rings is 1. The van der Waals surface area contributed by atoms with E-state index in [1.54, 1.807) is 26.2 Å². The first-order valence-electron chi connectivity index (χ1n) is 7.58. The minimum absolute atomic E-state index is 0.126. The zero-order chi connectivity index (χ0) is 15.8. The number of nitrogens with one attached hydrogen (secondary N) is 1. The maximum atomic E-state index is 12.1. The van der Waals surface area contributed by atoms with Gasteiger partial charge in [-0.2, -0.15) is 0 Å². The zero-order valence-corrected chi connectivity index (χ0v) is 13.2. The Kier molecular flexibility index (Phi) is 6.48. The smallest absolute Gasteiger partial charge is 0.260 e. The van der Waals surface area contributed by atoms with E-state index in [9.17, 15) is 4.79 Å². The normalized spacial score (nSPS) is 16.8. The summed E-state index contributed by atoms with van der Waals surface area (Å²) in [5, 5.41) is 2.90. The molecule has 0 bridgehead atoms. The fraction of sp³-hybridized carbons (Fsp3) is 0.562. The molecule has 0 radical (unpaired) electrons. The Hall–Kier alpha value is -1.79. The summed E-state index contributed by atoms with van der Waals surface area (Å²) in [6.07, 6.45) is -0.569. The summed E-state index contributed by atoms with van der Waals surface area (Å²) in [5.41, 5.74) is 0. The summed E-state index contributed by atoms with van der Waals surface area (Å²) in [7, 11) is 1.58. The maximum Gasteiger partial charge on any atom is 0.260 e. The van der Waals surface area contributed by atoms with Crippen molar-refractivity contribution in [3.8, 4) is 11.5 Å². The van der Waals surface area contributed by atoms with Gasteiger partial charge >= 0.3 is 0 Å². The second-order valence-electron chi connectivity index (χ2n) is 5.16. The Morgan fingerprint density at radius 1 is 1.32 bits per heavy atom. The van der Waals surface area contributed by atoms with Crippen LogP contribution in [0.2, 0.25) is 0 Å². The molecule has 1 aliphatic heterocycles. The van der Waals surface area contributed by atoms with Crippen LogP contribution in [0, 0.1) is 0 Å². The number of amides is 1. The van der Waals surface area contributed by atoms with Gasteiger partial charge in [0.15, 0.2) is 17.6 Å². The highest BCUT2D eigenvalue weighted by atomic mass is 16.5. The lowest BCUT2D eigenvalue weighted by Gasteiger charge is -2.26. The van der Waals surface area contributed by atoms with Gasteiger partial charge in [-0.15, -0.1) is 0 Å². The number of hydrogen-bond donors (Lipinski definition) is 1. The third-order valence-corrected chi connectivity index (χ3v) is 3.57. The van der Waals surface area contributed by atoms with Gasteiger partial charge in [0.25, 0.3) is 5.91 Å². The monoisotopic (exact) mass is 308 g/mol.